The first-order chi connectivity index (χ1) is 13.2. The number of aromatic hydroxyl groups is 1. The van der Waals surface area contributed by atoms with Gasteiger partial charge in [-0.05, 0) is 48.6 Å². The predicted molar refractivity (Wildman–Crippen MR) is 100.0 cm³/mol. The zero-order valence-electron chi connectivity index (χ0n) is 15.3. The highest BCUT2D eigenvalue weighted by Gasteiger charge is 2.27. The number of methoxy groups -OCH3 is 1. The topological polar surface area (TPSA) is 68.2 Å². The average Bonchev–Trinajstić information content (AvgIpc) is 2.73. The van der Waals surface area contributed by atoms with Gasteiger partial charge in [-0.25, -0.2) is 0 Å². The van der Waals surface area contributed by atoms with Crippen molar-refractivity contribution in [2.24, 2.45) is 0 Å². The number of hydrogen-bond acceptors (Lipinski definition) is 5. The Hall–Kier alpha value is -2.89. The maximum atomic E-state index is 13.0. The van der Waals surface area contributed by atoms with Crippen molar-refractivity contribution < 1.29 is 24.1 Å². The Morgan fingerprint density at radius 3 is 2.52 bits per heavy atom. The Morgan fingerprint density at radius 2 is 1.81 bits per heavy atom. The van der Waals surface area contributed by atoms with Crippen LogP contribution in [0.25, 0.3) is 0 Å². The highest BCUT2D eigenvalue weighted by molar-refractivity contribution is 5.95. The molecule has 2 aliphatic heterocycles. The predicted octanol–water partition coefficient (Wildman–Crippen LogP) is 3.19. The van der Waals surface area contributed by atoms with Crippen molar-refractivity contribution in [3.8, 4) is 23.0 Å². The standard InChI is InChI=1S/C21H23NO5/c1-25-18-12-16(13-19-20(18)27-11-10-26-19)21(24)22-8-6-15(7-9-22)14-2-4-17(23)5-3-14/h2-5,12-13,15,23H,6-11H2,1H3. The molecular formula is C21H23NO5. The first kappa shape index (κ1) is 17.5. The lowest BCUT2D eigenvalue weighted by molar-refractivity contribution is 0.0711. The summed E-state index contributed by atoms with van der Waals surface area (Å²) in [6, 6.07) is 10.8. The molecule has 6 heteroatoms. The van der Waals surface area contributed by atoms with Gasteiger partial charge < -0.3 is 24.2 Å². The van der Waals surface area contributed by atoms with Crippen LogP contribution in [0.3, 0.4) is 0 Å². The monoisotopic (exact) mass is 369 g/mol. The fourth-order valence-electron chi connectivity index (χ4n) is 3.74. The number of benzene rings is 2. The molecule has 0 aliphatic carbocycles. The molecule has 4 rings (SSSR count). The summed E-state index contributed by atoms with van der Waals surface area (Å²) in [5, 5.41) is 9.44. The molecule has 0 aromatic heterocycles. The summed E-state index contributed by atoms with van der Waals surface area (Å²) in [6.45, 7) is 2.33. The molecule has 0 radical (unpaired) electrons. The fourth-order valence-corrected chi connectivity index (χ4v) is 3.74. The summed E-state index contributed by atoms with van der Waals surface area (Å²) in [5.41, 5.74) is 1.76. The minimum atomic E-state index is -0.0190. The number of piperidine rings is 1. The van der Waals surface area contributed by atoms with E-state index in [1.54, 1.807) is 31.4 Å². The number of rotatable bonds is 3. The molecule has 2 aliphatic rings. The summed E-state index contributed by atoms with van der Waals surface area (Å²) in [4.78, 5) is 14.9. The molecule has 2 aromatic rings. The van der Waals surface area contributed by atoms with E-state index in [1.165, 1.54) is 5.56 Å². The first-order valence-electron chi connectivity index (χ1n) is 9.21. The van der Waals surface area contributed by atoms with Crippen LogP contribution in [-0.4, -0.2) is 49.3 Å². The average molecular weight is 369 g/mol. The second-order valence-electron chi connectivity index (χ2n) is 6.86. The van der Waals surface area contributed by atoms with E-state index in [-0.39, 0.29) is 11.7 Å². The Balaban J connectivity index is 1.47. The number of phenolic OH excluding ortho intramolecular Hbond substituents is 1. The van der Waals surface area contributed by atoms with Gasteiger partial charge in [0.1, 0.15) is 19.0 Å². The third-order valence-electron chi connectivity index (χ3n) is 5.22. The van der Waals surface area contributed by atoms with Gasteiger partial charge in [-0.1, -0.05) is 12.1 Å². The maximum Gasteiger partial charge on any atom is 0.254 e. The quantitative estimate of drug-likeness (QED) is 0.900. The van der Waals surface area contributed by atoms with Crippen LogP contribution in [0.4, 0.5) is 0 Å². The van der Waals surface area contributed by atoms with Crippen LogP contribution < -0.4 is 14.2 Å². The van der Waals surface area contributed by atoms with Gasteiger partial charge in [-0.15, -0.1) is 0 Å². The molecule has 1 N–H and O–H groups in total. The molecular weight excluding hydrogens is 346 g/mol. The lowest BCUT2D eigenvalue weighted by atomic mass is 9.89. The highest BCUT2D eigenvalue weighted by Crippen LogP contribution is 2.41. The molecule has 27 heavy (non-hydrogen) atoms. The van der Waals surface area contributed by atoms with Crippen molar-refractivity contribution in [2.75, 3.05) is 33.4 Å². The Bertz CT molecular complexity index is 808. The van der Waals surface area contributed by atoms with Crippen LogP contribution in [0.1, 0.15) is 34.7 Å². The van der Waals surface area contributed by atoms with Crippen molar-refractivity contribution in [1.82, 2.24) is 4.90 Å². The first-order valence-corrected chi connectivity index (χ1v) is 9.21. The van der Waals surface area contributed by atoms with Gasteiger partial charge >= 0.3 is 0 Å². The number of ether oxygens (including phenoxy) is 3. The van der Waals surface area contributed by atoms with E-state index >= 15 is 0 Å². The molecule has 0 spiro atoms. The van der Waals surface area contributed by atoms with Gasteiger partial charge in [0.15, 0.2) is 11.5 Å². The number of amides is 1. The minimum absolute atomic E-state index is 0.0190. The highest BCUT2D eigenvalue weighted by atomic mass is 16.6. The molecule has 0 atom stereocenters. The van der Waals surface area contributed by atoms with Crippen LogP contribution in [0.15, 0.2) is 36.4 Å². The second kappa shape index (κ2) is 7.39. The molecule has 1 fully saturated rings. The zero-order valence-corrected chi connectivity index (χ0v) is 15.3. The zero-order chi connectivity index (χ0) is 18.8. The van der Waals surface area contributed by atoms with E-state index in [2.05, 4.69) is 0 Å². The largest absolute Gasteiger partial charge is 0.508 e. The molecule has 2 heterocycles. The van der Waals surface area contributed by atoms with E-state index < -0.39 is 0 Å². The smallest absolute Gasteiger partial charge is 0.254 e. The van der Waals surface area contributed by atoms with Crippen LogP contribution in [0, 0.1) is 0 Å². The number of hydrogen-bond donors (Lipinski definition) is 1. The van der Waals surface area contributed by atoms with Gasteiger partial charge in [0, 0.05) is 18.7 Å². The molecule has 6 nitrogen and oxygen atoms in total. The third-order valence-corrected chi connectivity index (χ3v) is 5.22. The maximum absolute atomic E-state index is 13.0. The van der Waals surface area contributed by atoms with Crippen molar-refractivity contribution >= 4 is 5.91 Å². The van der Waals surface area contributed by atoms with Gasteiger partial charge in [0.05, 0.1) is 7.11 Å². The Morgan fingerprint density at radius 1 is 1.11 bits per heavy atom. The summed E-state index contributed by atoms with van der Waals surface area (Å²) in [6.07, 6.45) is 1.80. The van der Waals surface area contributed by atoms with Crippen molar-refractivity contribution in [3.05, 3.63) is 47.5 Å². The number of likely N-dealkylation sites (tertiary alicyclic amines) is 1. The summed E-state index contributed by atoms with van der Waals surface area (Å²) in [7, 11) is 1.56. The van der Waals surface area contributed by atoms with Crippen molar-refractivity contribution in [3.63, 3.8) is 0 Å². The molecule has 1 saturated heterocycles. The normalized spacial score (nSPS) is 16.9. The van der Waals surface area contributed by atoms with E-state index in [0.717, 1.165) is 12.8 Å². The Kier molecular flexibility index (Phi) is 4.79. The van der Waals surface area contributed by atoms with Gasteiger partial charge in [-0.3, -0.25) is 4.79 Å². The number of phenols is 1. The summed E-state index contributed by atoms with van der Waals surface area (Å²) >= 11 is 0. The SMILES string of the molecule is COc1cc(C(=O)N2CCC(c3ccc(O)cc3)CC2)cc2c1OCCO2. The Labute approximate surface area is 158 Å². The van der Waals surface area contributed by atoms with E-state index in [9.17, 15) is 9.90 Å². The number of carbonyl (C=O) groups is 1. The van der Waals surface area contributed by atoms with Gasteiger partial charge in [-0.2, -0.15) is 0 Å². The molecule has 0 unspecified atom stereocenters. The van der Waals surface area contributed by atoms with Crippen LogP contribution >= 0.6 is 0 Å². The second-order valence-corrected chi connectivity index (χ2v) is 6.86. The lowest BCUT2D eigenvalue weighted by Gasteiger charge is -2.32. The molecule has 142 valence electrons. The van der Waals surface area contributed by atoms with Gasteiger partial charge in [0.25, 0.3) is 5.91 Å². The van der Waals surface area contributed by atoms with Crippen LogP contribution in [-0.2, 0) is 0 Å². The third kappa shape index (κ3) is 3.52. The molecule has 0 bridgehead atoms. The minimum Gasteiger partial charge on any atom is -0.508 e. The van der Waals surface area contributed by atoms with Crippen LogP contribution in [0.2, 0.25) is 0 Å². The van der Waals surface area contributed by atoms with Crippen LogP contribution in [0.5, 0.6) is 23.0 Å². The molecule has 1 amide bonds. The van der Waals surface area contributed by atoms with Crippen molar-refractivity contribution in [1.29, 1.82) is 0 Å². The number of fused-ring (bicyclic) bond motifs is 1. The molecule has 0 saturated carbocycles. The number of nitrogens with zero attached hydrogens (tertiary/aromatic N) is 1. The van der Waals surface area contributed by atoms with E-state index in [4.69, 9.17) is 14.2 Å². The van der Waals surface area contributed by atoms with Crippen molar-refractivity contribution in [2.45, 2.75) is 18.8 Å². The molecule has 2 aromatic carbocycles. The van der Waals surface area contributed by atoms with E-state index in [1.807, 2.05) is 17.0 Å². The summed E-state index contributed by atoms with van der Waals surface area (Å²) < 4.78 is 16.6. The van der Waals surface area contributed by atoms with Gasteiger partial charge in [0.2, 0.25) is 5.75 Å². The fraction of sp³-hybridized carbons (Fsp3) is 0.381. The lowest BCUT2D eigenvalue weighted by Crippen LogP contribution is -2.38. The van der Waals surface area contributed by atoms with E-state index in [0.29, 0.717) is 55.0 Å². The summed E-state index contributed by atoms with van der Waals surface area (Å²) in [5.74, 6) is 2.31. The number of carbonyl (C=O) groups excluding carboxylic acids is 1.